The lowest BCUT2D eigenvalue weighted by Crippen LogP contribution is -2.38. The molecule has 0 atom stereocenters. The van der Waals surface area contributed by atoms with Crippen molar-refractivity contribution in [3.05, 3.63) is 57.6 Å². The highest BCUT2D eigenvalue weighted by atomic mass is 32.1. The van der Waals surface area contributed by atoms with Gasteiger partial charge >= 0.3 is 0 Å². The average molecular weight is 727 g/mol. The number of fused-ring (bicyclic) bond motifs is 4. The molecular weight excluding hydrogens is 653 g/mol. The molecule has 1 heterocycles. The molecule has 1 aliphatic heterocycles. The molecule has 0 amide bonds. The first-order chi connectivity index (χ1) is 23.5. The van der Waals surface area contributed by atoms with Crippen molar-refractivity contribution in [1.29, 1.82) is 0 Å². The smallest absolute Gasteiger partial charge is 0.0245 e. The van der Waals surface area contributed by atoms with E-state index in [1.807, 2.05) is 0 Å². The zero-order chi connectivity index (χ0) is 37.2. The Morgan fingerprint density at radius 3 is 0.840 bits per heavy atom. The van der Waals surface area contributed by atoms with Crippen LogP contribution in [0.2, 0.25) is 0 Å². The minimum absolute atomic E-state index is 0.0841. The Labute approximate surface area is 319 Å². The molecule has 1 aliphatic rings. The van der Waals surface area contributed by atoms with Crippen LogP contribution in [-0.4, -0.2) is 122 Å². The predicted octanol–water partition coefficient (Wildman–Crippen LogP) is 7.72. The summed E-state index contributed by atoms with van der Waals surface area (Å²) in [5.74, 6) is 0. The van der Waals surface area contributed by atoms with Crippen LogP contribution in [0.25, 0.3) is 0 Å². The monoisotopic (exact) mass is 727 g/mol. The second-order valence-corrected chi connectivity index (χ2v) is 17.8. The molecule has 0 unspecified atom stereocenters. The maximum Gasteiger partial charge on any atom is 0.0245 e. The van der Waals surface area contributed by atoms with E-state index >= 15 is 0 Å². The topological polar surface area (TPSA) is 19.4 Å². The van der Waals surface area contributed by atoms with Gasteiger partial charge in [0.25, 0.3) is 0 Å². The molecule has 284 valence electrons. The van der Waals surface area contributed by atoms with Crippen LogP contribution in [0.4, 0.5) is 0 Å². The molecule has 2 aromatic rings. The van der Waals surface area contributed by atoms with Crippen LogP contribution in [0.15, 0.2) is 34.1 Å². The van der Waals surface area contributed by atoms with Crippen LogP contribution in [0.5, 0.6) is 0 Å². The SMILES string of the molecule is CCN1CCN(C)CCN(CC)Cc2cc(C(C)(C)C)cc(c2S)CN(CC)CCN(C)CCN(CC)Cc2cc(C(C)(C)C)cc(c2S)C1. The number of nitrogens with zero attached hydrogens (tertiary/aromatic N) is 6. The maximum atomic E-state index is 5.22. The first-order valence-corrected chi connectivity index (χ1v) is 20.3. The lowest BCUT2D eigenvalue weighted by Gasteiger charge is -2.31. The Bertz CT molecular complexity index is 1150. The molecule has 3 rings (SSSR count). The van der Waals surface area contributed by atoms with Gasteiger partial charge in [-0.1, -0.05) is 93.5 Å². The molecule has 2 aromatic carbocycles. The van der Waals surface area contributed by atoms with Crippen LogP contribution in [-0.2, 0) is 37.0 Å². The van der Waals surface area contributed by atoms with E-state index < -0.39 is 0 Å². The number of benzene rings is 2. The lowest BCUT2D eigenvalue weighted by atomic mass is 9.84. The minimum Gasteiger partial charge on any atom is -0.304 e. The Balaban J connectivity index is 1.96. The third-order valence-corrected chi connectivity index (χ3v) is 12.0. The Kier molecular flexibility index (Phi) is 17.2. The fourth-order valence-corrected chi connectivity index (χ4v) is 7.24. The summed E-state index contributed by atoms with van der Waals surface area (Å²) in [6, 6.07) is 9.72. The number of thiol groups is 2. The Morgan fingerprint density at radius 1 is 0.440 bits per heavy atom. The van der Waals surface area contributed by atoms with E-state index in [4.69, 9.17) is 25.3 Å². The van der Waals surface area contributed by atoms with Crippen molar-refractivity contribution in [2.75, 3.05) is 92.6 Å². The maximum absolute atomic E-state index is 5.22. The fraction of sp³-hybridized carbons (Fsp3) is 0.714. The van der Waals surface area contributed by atoms with Crippen molar-refractivity contribution in [2.24, 2.45) is 0 Å². The van der Waals surface area contributed by atoms with Gasteiger partial charge in [0, 0.05) is 88.3 Å². The normalized spacial score (nSPS) is 19.5. The van der Waals surface area contributed by atoms with Crippen LogP contribution < -0.4 is 0 Å². The minimum atomic E-state index is 0.0841. The summed E-state index contributed by atoms with van der Waals surface area (Å²) < 4.78 is 0. The van der Waals surface area contributed by atoms with Crippen molar-refractivity contribution in [3.8, 4) is 0 Å². The summed E-state index contributed by atoms with van der Waals surface area (Å²) in [6.45, 7) is 39.4. The van der Waals surface area contributed by atoms with Crippen molar-refractivity contribution in [1.82, 2.24) is 29.4 Å². The fourth-order valence-electron chi connectivity index (χ4n) is 6.70. The highest BCUT2D eigenvalue weighted by molar-refractivity contribution is 7.80. The van der Waals surface area contributed by atoms with E-state index in [9.17, 15) is 0 Å². The van der Waals surface area contributed by atoms with Crippen LogP contribution in [0.1, 0.15) is 103 Å². The van der Waals surface area contributed by atoms with Crippen LogP contribution in [0, 0.1) is 0 Å². The molecule has 0 saturated carbocycles. The molecule has 50 heavy (non-hydrogen) atoms. The quantitative estimate of drug-likeness (QED) is 0.313. The molecule has 0 spiro atoms. The van der Waals surface area contributed by atoms with Gasteiger partial charge in [-0.15, -0.1) is 25.3 Å². The number of rotatable bonds is 4. The summed E-state index contributed by atoms with van der Waals surface area (Å²) in [7, 11) is 4.57. The number of hydrogen-bond donors (Lipinski definition) is 2. The van der Waals surface area contributed by atoms with Gasteiger partial charge in [0.15, 0.2) is 0 Å². The van der Waals surface area contributed by atoms with E-state index in [1.54, 1.807) is 0 Å². The Hall–Kier alpha value is -1.10. The molecule has 0 fully saturated rings. The molecule has 6 nitrogen and oxygen atoms in total. The molecule has 0 aromatic heterocycles. The second-order valence-electron chi connectivity index (χ2n) is 16.9. The zero-order valence-corrected chi connectivity index (χ0v) is 36.0. The predicted molar refractivity (Wildman–Crippen MR) is 224 cm³/mol. The van der Waals surface area contributed by atoms with Gasteiger partial charge in [-0.3, -0.25) is 19.6 Å². The van der Waals surface area contributed by atoms with Crippen molar-refractivity contribution in [2.45, 2.75) is 116 Å². The highest BCUT2D eigenvalue weighted by Crippen LogP contribution is 2.32. The first kappa shape index (κ1) is 43.3. The first-order valence-electron chi connectivity index (χ1n) is 19.5. The lowest BCUT2D eigenvalue weighted by molar-refractivity contribution is 0.192. The van der Waals surface area contributed by atoms with Gasteiger partial charge in [-0.2, -0.15) is 0 Å². The molecule has 4 bridgehead atoms. The largest absolute Gasteiger partial charge is 0.304 e. The van der Waals surface area contributed by atoms with E-state index in [-0.39, 0.29) is 10.8 Å². The average Bonchev–Trinajstić information content (AvgIpc) is 3.06. The van der Waals surface area contributed by atoms with Crippen molar-refractivity contribution in [3.63, 3.8) is 0 Å². The highest BCUT2D eigenvalue weighted by Gasteiger charge is 2.22. The van der Waals surface area contributed by atoms with Crippen LogP contribution in [0.3, 0.4) is 0 Å². The molecular formula is C42H74N6S2. The van der Waals surface area contributed by atoms with Gasteiger partial charge in [0.2, 0.25) is 0 Å². The molecule has 8 heteroatoms. The summed E-state index contributed by atoms with van der Waals surface area (Å²) in [5.41, 5.74) is 8.43. The van der Waals surface area contributed by atoms with Gasteiger partial charge in [-0.05, 0) is 84.5 Å². The zero-order valence-electron chi connectivity index (χ0n) is 34.2. The van der Waals surface area contributed by atoms with Crippen molar-refractivity contribution >= 4 is 25.3 Å². The van der Waals surface area contributed by atoms with E-state index in [0.29, 0.717) is 0 Å². The van der Waals surface area contributed by atoms with Crippen LogP contribution >= 0.6 is 25.3 Å². The van der Waals surface area contributed by atoms with Gasteiger partial charge in [-0.25, -0.2) is 0 Å². The standard InChI is InChI=1S/C42H74N6S2/c1-13-45-21-17-43(11)18-22-46(14-2)31-35-27-38(42(8,9)10)28-36(40(35)50)32-48(16-4)24-20-44(12)19-23-47(15-3)30-34-26-37(41(5,6)7)25-33(29-45)39(34)49/h25-28,49-50H,13-24,29-32H2,1-12H3. The van der Waals surface area contributed by atoms with E-state index in [1.165, 1.54) is 43.2 Å². The third-order valence-electron chi connectivity index (χ3n) is 10.8. The number of hydrogen-bond acceptors (Lipinski definition) is 8. The second kappa shape index (κ2) is 19.8. The summed E-state index contributed by atoms with van der Waals surface area (Å²) >= 11 is 10.4. The molecule has 0 radical (unpaired) electrons. The third kappa shape index (κ3) is 13.1. The van der Waals surface area contributed by atoms with E-state index in [2.05, 4.69) is 137 Å². The summed E-state index contributed by atoms with van der Waals surface area (Å²) in [5, 5.41) is 0. The van der Waals surface area contributed by atoms with E-state index in [0.717, 1.165) is 105 Å². The van der Waals surface area contributed by atoms with Crippen molar-refractivity contribution < 1.29 is 0 Å². The molecule has 0 aliphatic carbocycles. The van der Waals surface area contributed by atoms with Gasteiger partial charge in [0.1, 0.15) is 0 Å². The molecule has 0 N–H and O–H groups in total. The summed E-state index contributed by atoms with van der Waals surface area (Å²) in [4.78, 5) is 17.7. The Morgan fingerprint density at radius 2 is 0.660 bits per heavy atom. The molecule has 0 saturated heterocycles. The van der Waals surface area contributed by atoms with Gasteiger partial charge < -0.3 is 9.80 Å². The number of likely N-dealkylation sites (N-methyl/N-ethyl adjacent to an activating group) is 6. The summed E-state index contributed by atoms with van der Waals surface area (Å²) in [6.07, 6.45) is 0. The van der Waals surface area contributed by atoms with Gasteiger partial charge in [0.05, 0.1) is 0 Å².